The molecular weight excluding hydrogens is 279 g/mol. The minimum Gasteiger partial charge on any atom is -0.367 e. The maximum absolute atomic E-state index is 14.1. The smallest absolute Gasteiger partial charge is 0.230 e. The summed E-state index contributed by atoms with van der Waals surface area (Å²) >= 11 is 6.14. The number of hydrogen-bond donors (Lipinski definition) is 1. The predicted molar refractivity (Wildman–Crippen MR) is 77.1 cm³/mol. The zero-order valence-electron chi connectivity index (χ0n) is 11.0. The van der Waals surface area contributed by atoms with E-state index in [-0.39, 0.29) is 11.8 Å². The molecule has 0 aliphatic heterocycles. The van der Waals surface area contributed by atoms with Gasteiger partial charge in [0.05, 0.1) is 16.3 Å². The van der Waals surface area contributed by atoms with Crippen LogP contribution in [-0.4, -0.2) is 5.16 Å². The maximum Gasteiger partial charge on any atom is 0.230 e. The first kappa shape index (κ1) is 13.4. The van der Waals surface area contributed by atoms with Gasteiger partial charge in [0.2, 0.25) is 5.88 Å². The van der Waals surface area contributed by atoms with Gasteiger partial charge >= 0.3 is 0 Å². The zero-order chi connectivity index (χ0) is 14.1. The van der Waals surface area contributed by atoms with Crippen LogP contribution in [0.3, 0.4) is 0 Å². The highest BCUT2D eigenvalue weighted by molar-refractivity contribution is 6.33. The topological polar surface area (TPSA) is 52.0 Å². The first-order valence-corrected chi connectivity index (χ1v) is 7.25. The Morgan fingerprint density at radius 2 is 1.95 bits per heavy atom. The Labute approximate surface area is 121 Å². The monoisotopic (exact) mass is 294 g/mol. The fourth-order valence-electron chi connectivity index (χ4n) is 2.96. The number of aromatic nitrogens is 1. The highest BCUT2D eigenvalue weighted by Gasteiger charge is 2.27. The van der Waals surface area contributed by atoms with Crippen molar-refractivity contribution in [3.63, 3.8) is 0 Å². The third kappa shape index (κ3) is 2.29. The molecular formula is C15H16ClFN2O. The van der Waals surface area contributed by atoms with Crippen LogP contribution in [-0.2, 0) is 0 Å². The van der Waals surface area contributed by atoms with Crippen LogP contribution in [0.5, 0.6) is 0 Å². The van der Waals surface area contributed by atoms with E-state index in [9.17, 15) is 4.39 Å². The molecule has 106 valence electrons. The van der Waals surface area contributed by atoms with Gasteiger partial charge in [-0.3, -0.25) is 0 Å². The number of nitrogens with two attached hydrogens (primary N) is 1. The molecule has 0 atom stereocenters. The standard InChI is InChI=1S/C15H16ClFN2O/c16-10-7-4-8-11(17)12(10)13-14(19-20-15(13)18)9-5-2-1-3-6-9/h4,7-9H,1-3,5-6,18H2. The van der Waals surface area contributed by atoms with E-state index in [1.165, 1.54) is 12.5 Å². The summed E-state index contributed by atoms with van der Waals surface area (Å²) in [4.78, 5) is 0. The van der Waals surface area contributed by atoms with Crippen LogP contribution >= 0.6 is 11.6 Å². The molecule has 3 nitrogen and oxygen atoms in total. The molecule has 0 amide bonds. The van der Waals surface area contributed by atoms with Crippen molar-refractivity contribution in [2.75, 3.05) is 5.73 Å². The number of nitrogens with zero attached hydrogens (tertiary/aromatic N) is 1. The molecule has 1 aromatic heterocycles. The molecule has 1 heterocycles. The van der Waals surface area contributed by atoms with E-state index >= 15 is 0 Å². The SMILES string of the molecule is Nc1onc(C2CCCCC2)c1-c1c(F)cccc1Cl. The van der Waals surface area contributed by atoms with Crippen molar-refractivity contribution >= 4 is 17.5 Å². The van der Waals surface area contributed by atoms with Gasteiger partial charge < -0.3 is 10.3 Å². The lowest BCUT2D eigenvalue weighted by atomic mass is 9.84. The van der Waals surface area contributed by atoms with Crippen molar-refractivity contribution in [3.05, 3.63) is 34.7 Å². The molecule has 0 spiro atoms. The molecule has 2 aromatic rings. The minimum absolute atomic E-state index is 0.137. The van der Waals surface area contributed by atoms with E-state index < -0.39 is 5.82 Å². The lowest BCUT2D eigenvalue weighted by Gasteiger charge is -2.20. The highest BCUT2D eigenvalue weighted by Crippen LogP contribution is 2.43. The van der Waals surface area contributed by atoms with Crippen LogP contribution in [0.15, 0.2) is 22.7 Å². The Morgan fingerprint density at radius 1 is 1.20 bits per heavy atom. The summed E-state index contributed by atoms with van der Waals surface area (Å²) in [5, 5.41) is 4.40. The predicted octanol–water partition coefficient (Wildman–Crippen LogP) is 4.76. The molecule has 1 aromatic carbocycles. The summed E-state index contributed by atoms with van der Waals surface area (Å²) in [6.45, 7) is 0. The first-order chi connectivity index (χ1) is 9.68. The Bertz CT molecular complexity index is 600. The number of anilines is 1. The molecule has 0 radical (unpaired) electrons. The summed E-state index contributed by atoms with van der Waals surface area (Å²) in [5.74, 6) is 0.0116. The van der Waals surface area contributed by atoms with Gasteiger partial charge in [-0.2, -0.15) is 0 Å². The summed E-state index contributed by atoms with van der Waals surface area (Å²) in [6, 6.07) is 4.60. The van der Waals surface area contributed by atoms with Crippen molar-refractivity contribution in [2.45, 2.75) is 38.0 Å². The molecule has 1 aliphatic rings. The summed E-state index contributed by atoms with van der Waals surface area (Å²) in [6.07, 6.45) is 5.61. The van der Waals surface area contributed by atoms with E-state index in [4.69, 9.17) is 21.9 Å². The quantitative estimate of drug-likeness (QED) is 0.868. The van der Waals surface area contributed by atoms with Crippen molar-refractivity contribution < 1.29 is 8.91 Å². The van der Waals surface area contributed by atoms with E-state index in [0.717, 1.165) is 31.4 Å². The zero-order valence-corrected chi connectivity index (χ0v) is 11.8. The van der Waals surface area contributed by atoms with Crippen LogP contribution < -0.4 is 5.73 Å². The molecule has 5 heteroatoms. The average molecular weight is 295 g/mol. The second-order valence-electron chi connectivity index (χ2n) is 5.24. The summed E-state index contributed by atoms with van der Waals surface area (Å²) in [7, 11) is 0. The molecule has 0 unspecified atom stereocenters. The average Bonchev–Trinajstić information content (AvgIpc) is 2.82. The molecule has 20 heavy (non-hydrogen) atoms. The van der Waals surface area contributed by atoms with Gasteiger partial charge in [0.15, 0.2) is 0 Å². The largest absolute Gasteiger partial charge is 0.367 e. The summed E-state index contributed by atoms with van der Waals surface area (Å²) < 4.78 is 19.2. The van der Waals surface area contributed by atoms with Crippen LogP contribution in [0.1, 0.15) is 43.7 Å². The molecule has 1 fully saturated rings. The van der Waals surface area contributed by atoms with Gasteiger partial charge in [0.1, 0.15) is 5.82 Å². The first-order valence-electron chi connectivity index (χ1n) is 6.88. The number of hydrogen-bond acceptors (Lipinski definition) is 3. The van der Waals surface area contributed by atoms with Crippen LogP contribution in [0.25, 0.3) is 11.1 Å². The summed E-state index contributed by atoms with van der Waals surface area (Å²) in [5.41, 5.74) is 7.44. The van der Waals surface area contributed by atoms with E-state index in [1.807, 2.05) is 0 Å². The van der Waals surface area contributed by atoms with Crippen LogP contribution in [0, 0.1) is 5.82 Å². The second-order valence-corrected chi connectivity index (χ2v) is 5.65. The van der Waals surface area contributed by atoms with Gasteiger partial charge in [-0.15, -0.1) is 0 Å². The van der Waals surface area contributed by atoms with Crippen molar-refractivity contribution in [1.29, 1.82) is 0 Å². The highest BCUT2D eigenvalue weighted by atomic mass is 35.5. The molecule has 2 N–H and O–H groups in total. The Balaban J connectivity index is 2.11. The van der Waals surface area contributed by atoms with Gasteiger partial charge in [-0.05, 0) is 25.0 Å². The fourth-order valence-corrected chi connectivity index (χ4v) is 3.22. The van der Waals surface area contributed by atoms with Crippen molar-refractivity contribution in [3.8, 4) is 11.1 Å². The number of benzene rings is 1. The van der Waals surface area contributed by atoms with Crippen LogP contribution in [0.2, 0.25) is 5.02 Å². The van der Waals surface area contributed by atoms with E-state index in [1.54, 1.807) is 12.1 Å². The number of rotatable bonds is 2. The van der Waals surface area contributed by atoms with E-state index in [0.29, 0.717) is 16.1 Å². The fraction of sp³-hybridized carbons (Fsp3) is 0.400. The van der Waals surface area contributed by atoms with Gasteiger partial charge in [-0.25, -0.2) is 4.39 Å². The Kier molecular flexibility index (Phi) is 3.66. The maximum atomic E-state index is 14.1. The normalized spacial score (nSPS) is 16.5. The lowest BCUT2D eigenvalue weighted by Crippen LogP contribution is -2.06. The van der Waals surface area contributed by atoms with Gasteiger partial charge in [0, 0.05) is 11.5 Å². The van der Waals surface area contributed by atoms with E-state index in [2.05, 4.69) is 5.16 Å². The third-order valence-corrected chi connectivity index (χ3v) is 4.26. The molecule has 3 rings (SSSR count). The van der Waals surface area contributed by atoms with Gasteiger partial charge in [-0.1, -0.05) is 42.1 Å². The number of nitrogen functional groups attached to an aromatic ring is 1. The second kappa shape index (κ2) is 5.44. The molecule has 0 bridgehead atoms. The van der Waals surface area contributed by atoms with Crippen LogP contribution in [0.4, 0.5) is 10.3 Å². The van der Waals surface area contributed by atoms with Crippen molar-refractivity contribution in [2.24, 2.45) is 0 Å². The van der Waals surface area contributed by atoms with Crippen molar-refractivity contribution in [1.82, 2.24) is 5.16 Å². The Hall–Kier alpha value is -1.55. The molecule has 0 saturated heterocycles. The molecule has 1 saturated carbocycles. The minimum atomic E-state index is -0.399. The molecule has 1 aliphatic carbocycles. The third-order valence-electron chi connectivity index (χ3n) is 3.95. The van der Waals surface area contributed by atoms with Gasteiger partial charge in [0.25, 0.3) is 0 Å². The lowest BCUT2D eigenvalue weighted by molar-refractivity contribution is 0.388. The Morgan fingerprint density at radius 3 is 2.65 bits per heavy atom. The number of halogens is 2.